The Morgan fingerprint density at radius 1 is 1.28 bits per heavy atom. The molecule has 25 heavy (non-hydrogen) atoms. The van der Waals surface area contributed by atoms with Crippen molar-refractivity contribution >= 4 is 29.5 Å². The number of carbonyl (C=O) groups excluding carboxylic acids is 1. The number of hydrogen-bond acceptors (Lipinski definition) is 4. The van der Waals surface area contributed by atoms with Crippen molar-refractivity contribution in [3.8, 4) is 10.7 Å². The molecule has 0 aliphatic carbocycles. The molecule has 7 heteroatoms. The Kier molecular flexibility index (Phi) is 5.15. The van der Waals surface area contributed by atoms with E-state index in [4.69, 9.17) is 12.2 Å². The van der Waals surface area contributed by atoms with E-state index < -0.39 is 6.04 Å². The molecule has 3 aromatic rings. The second-order valence-corrected chi connectivity index (χ2v) is 7.30. The first-order valence-corrected chi connectivity index (χ1v) is 9.34. The lowest BCUT2D eigenvalue weighted by Crippen LogP contribution is -2.33. The van der Waals surface area contributed by atoms with Crippen LogP contribution in [0.15, 0.2) is 41.8 Å². The minimum Gasteiger partial charge on any atom is -0.348 e. The predicted molar refractivity (Wildman–Crippen MR) is 103 cm³/mol. The molecular formula is C18H20N4OS2. The van der Waals surface area contributed by atoms with Gasteiger partial charge in [0.15, 0.2) is 10.6 Å². The zero-order chi connectivity index (χ0) is 18.0. The minimum absolute atomic E-state index is 0.0811. The quantitative estimate of drug-likeness (QED) is 0.652. The van der Waals surface area contributed by atoms with Crippen LogP contribution in [0.2, 0.25) is 0 Å². The van der Waals surface area contributed by atoms with Gasteiger partial charge in [-0.2, -0.15) is 5.10 Å². The molecule has 0 radical (unpaired) electrons. The smallest absolute Gasteiger partial charge is 0.243 e. The molecule has 0 fully saturated rings. The molecule has 0 unspecified atom stereocenters. The summed E-state index contributed by atoms with van der Waals surface area (Å²) in [6.07, 6.45) is 0. The van der Waals surface area contributed by atoms with Gasteiger partial charge in [-0.05, 0) is 55.6 Å². The number of aromatic amines is 1. The highest BCUT2D eigenvalue weighted by Crippen LogP contribution is 2.26. The third kappa shape index (κ3) is 3.57. The first-order valence-electron chi connectivity index (χ1n) is 8.05. The van der Waals surface area contributed by atoms with Gasteiger partial charge in [-0.25, -0.2) is 0 Å². The van der Waals surface area contributed by atoms with Crippen LogP contribution in [-0.2, 0) is 4.79 Å². The molecule has 5 nitrogen and oxygen atoms in total. The minimum atomic E-state index is -0.463. The van der Waals surface area contributed by atoms with Crippen molar-refractivity contribution in [2.75, 3.05) is 0 Å². The third-order valence-electron chi connectivity index (χ3n) is 4.23. The maximum atomic E-state index is 12.8. The zero-order valence-electron chi connectivity index (χ0n) is 14.3. The van der Waals surface area contributed by atoms with Gasteiger partial charge in [-0.15, -0.1) is 11.3 Å². The molecule has 2 heterocycles. The lowest BCUT2D eigenvalue weighted by Gasteiger charge is -2.20. The number of nitrogens with zero attached hydrogens (tertiary/aromatic N) is 2. The van der Waals surface area contributed by atoms with E-state index in [1.165, 1.54) is 0 Å². The van der Waals surface area contributed by atoms with Crippen molar-refractivity contribution in [3.05, 3.63) is 57.7 Å². The number of aryl methyl sites for hydroxylation is 1. The number of rotatable bonds is 5. The van der Waals surface area contributed by atoms with E-state index in [1.54, 1.807) is 15.9 Å². The zero-order valence-corrected chi connectivity index (χ0v) is 15.9. The Hall–Kier alpha value is -2.25. The van der Waals surface area contributed by atoms with E-state index in [2.05, 4.69) is 15.5 Å². The standard InChI is InChI=1S/C18H20N4OS2/c1-11-7-4-5-8-14(11)12(2)19-17(23)13(3)22-16(20-21-18(22)24)15-9-6-10-25-15/h4-10,12-13H,1-3H3,(H,19,23)(H,21,24)/t12-,13+/m1/s1. The van der Waals surface area contributed by atoms with E-state index in [-0.39, 0.29) is 11.9 Å². The molecular weight excluding hydrogens is 352 g/mol. The van der Waals surface area contributed by atoms with E-state index in [9.17, 15) is 4.79 Å². The number of nitrogens with one attached hydrogen (secondary N) is 2. The Morgan fingerprint density at radius 3 is 2.72 bits per heavy atom. The highest BCUT2D eigenvalue weighted by molar-refractivity contribution is 7.71. The van der Waals surface area contributed by atoms with Gasteiger partial charge in [0.25, 0.3) is 0 Å². The second kappa shape index (κ2) is 7.33. The maximum absolute atomic E-state index is 12.8. The van der Waals surface area contributed by atoms with Gasteiger partial charge in [0.2, 0.25) is 5.91 Å². The average molecular weight is 373 g/mol. The van der Waals surface area contributed by atoms with Gasteiger partial charge in [0.1, 0.15) is 6.04 Å². The van der Waals surface area contributed by atoms with Crippen LogP contribution in [0.4, 0.5) is 0 Å². The predicted octanol–water partition coefficient (Wildman–Crippen LogP) is 4.42. The van der Waals surface area contributed by atoms with Gasteiger partial charge in [-0.1, -0.05) is 30.3 Å². The van der Waals surface area contributed by atoms with Gasteiger partial charge in [0.05, 0.1) is 10.9 Å². The molecule has 0 saturated carbocycles. The summed E-state index contributed by atoms with van der Waals surface area (Å²) >= 11 is 6.90. The van der Waals surface area contributed by atoms with Crippen molar-refractivity contribution < 1.29 is 4.79 Å². The molecule has 2 N–H and O–H groups in total. The summed E-state index contributed by atoms with van der Waals surface area (Å²) < 4.78 is 2.20. The summed E-state index contributed by atoms with van der Waals surface area (Å²) in [4.78, 5) is 13.8. The summed E-state index contributed by atoms with van der Waals surface area (Å²) in [5.74, 6) is 0.595. The summed E-state index contributed by atoms with van der Waals surface area (Å²) in [6, 6.07) is 11.4. The summed E-state index contributed by atoms with van der Waals surface area (Å²) in [7, 11) is 0. The number of hydrogen-bond donors (Lipinski definition) is 2. The largest absolute Gasteiger partial charge is 0.348 e. The molecule has 1 amide bonds. The number of amides is 1. The van der Waals surface area contributed by atoms with E-state index in [1.807, 2.05) is 62.5 Å². The van der Waals surface area contributed by atoms with Crippen LogP contribution in [0.1, 0.15) is 37.1 Å². The maximum Gasteiger partial charge on any atom is 0.243 e. The van der Waals surface area contributed by atoms with E-state index >= 15 is 0 Å². The summed E-state index contributed by atoms with van der Waals surface area (Å²) in [6.45, 7) is 5.87. The molecule has 2 aromatic heterocycles. The molecule has 0 aliphatic rings. The van der Waals surface area contributed by atoms with E-state index in [0.717, 1.165) is 16.0 Å². The number of thiophene rings is 1. The lowest BCUT2D eigenvalue weighted by atomic mass is 10.0. The third-order valence-corrected chi connectivity index (χ3v) is 5.38. The number of H-pyrrole nitrogens is 1. The number of carbonyl (C=O) groups is 1. The SMILES string of the molecule is Cc1ccccc1[C@@H](C)NC(=O)[C@H](C)n1c(-c2cccs2)n[nH]c1=S. The fourth-order valence-electron chi connectivity index (χ4n) is 2.85. The summed E-state index contributed by atoms with van der Waals surface area (Å²) in [5, 5.41) is 12.1. The molecule has 3 rings (SSSR count). The molecule has 0 aliphatic heterocycles. The monoisotopic (exact) mass is 372 g/mol. The molecule has 130 valence electrons. The van der Waals surface area contributed by atoms with Gasteiger partial charge < -0.3 is 5.32 Å². The van der Waals surface area contributed by atoms with Gasteiger partial charge in [0, 0.05) is 0 Å². The van der Waals surface area contributed by atoms with Crippen LogP contribution in [0.25, 0.3) is 10.7 Å². The van der Waals surface area contributed by atoms with Crippen LogP contribution < -0.4 is 5.32 Å². The van der Waals surface area contributed by atoms with Gasteiger partial charge in [-0.3, -0.25) is 14.5 Å². The number of aromatic nitrogens is 3. The van der Waals surface area contributed by atoms with E-state index in [0.29, 0.717) is 10.6 Å². The van der Waals surface area contributed by atoms with Crippen LogP contribution >= 0.6 is 23.6 Å². The topological polar surface area (TPSA) is 62.7 Å². The molecule has 2 atom stereocenters. The number of benzene rings is 1. The first kappa shape index (κ1) is 17.6. The van der Waals surface area contributed by atoms with Gasteiger partial charge >= 0.3 is 0 Å². The molecule has 0 bridgehead atoms. The van der Waals surface area contributed by atoms with Crippen LogP contribution in [-0.4, -0.2) is 20.7 Å². The normalized spacial score (nSPS) is 13.4. The Morgan fingerprint density at radius 2 is 2.04 bits per heavy atom. The highest BCUT2D eigenvalue weighted by atomic mass is 32.1. The Labute approximate surface area is 155 Å². The fraction of sp³-hybridized carbons (Fsp3) is 0.278. The Balaban J connectivity index is 1.83. The second-order valence-electron chi connectivity index (χ2n) is 5.96. The van der Waals surface area contributed by atoms with Crippen LogP contribution in [0, 0.1) is 11.7 Å². The van der Waals surface area contributed by atoms with Crippen molar-refractivity contribution in [2.45, 2.75) is 32.9 Å². The molecule has 1 aromatic carbocycles. The fourth-order valence-corrected chi connectivity index (χ4v) is 3.85. The highest BCUT2D eigenvalue weighted by Gasteiger charge is 2.23. The van der Waals surface area contributed by atoms with Crippen molar-refractivity contribution in [1.82, 2.24) is 20.1 Å². The lowest BCUT2D eigenvalue weighted by molar-refractivity contribution is -0.124. The molecule has 0 saturated heterocycles. The van der Waals surface area contributed by atoms with Crippen molar-refractivity contribution in [1.29, 1.82) is 0 Å². The molecule has 0 spiro atoms. The Bertz CT molecular complexity index is 927. The van der Waals surface area contributed by atoms with Crippen molar-refractivity contribution in [3.63, 3.8) is 0 Å². The average Bonchev–Trinajstić information content (AvgIpc) is 3.23. The van der Waals surface area contributed by atoms with Crippen molar-refractivity contribution in [2.24, 2.45) is 0 Å². The summed E-state index contributed by atoms with van der Waals surface area (Å²) in [5.41, 5.74) is 2.26. The van der Waals surface area contributed by atoms with Crippen LogP contribution in [0.3, 0.4) is 0 Å². The first-order chi connectivity index (χ1) is 12.0. The van der Waals surface area contributed by atoms with Crippen LogP contribution in [0.5, 0.6) is 0 Å².